The highest BCUT2D eigenvalue weighted by molar-refractivity contribution is 7.92. The van der Waals surface area contributed by atoms with Crippen molar-refractivity contribution in [1.29, 1.82) is 0 Å². The van der Waals surface area contributed by atoms with Gasteiger partial charge in [0.25, 0.3) is 5.91 Å². The highest BCUT2D eigenvalue weighted by Crippen LogP contribution is 2.22. The van der Waals surface area contributed by atoms with Crippen molar-refractivity contribution in [3.63, 3.8) is 0 Å². The summed E-state index contributed by atoms with van der Waals surface area (Å²) < 4.78 is 52.8. The zero-order valence-electron chi connectivity index (χ0n) is 17.6. The van der Waals surface area contributed by atoms with Crippen LogP contribution in [0.15, 0.2) is 47.4 Å². The molecule has 0 spiro atoms. The molecule has 1 aliphatic rings. The minimum atomic E-state index is -3.66. The maximum atomic E-state index is 12.9. The number of nitrogens with zero attached hydrogens (tertiary/aromatic N) is 2. The number of benzene rings is 2. The number of piperazine rings is 1. The number of hydrogen-bond donors (Lipinski definition) is 2. The van der Waals surface area contributed by atoms with Crippen molar-refractivity contribution in [3.8, 4) is 0 Å². The van der Waals surface area contributed by atoms with Crippen molar-refractivity contribution in [2.45, 2.75) is 11.8 Å². The maximum Gasteiger partial charge on any atom is 0.255 e. The second-order valence-corrected chi connectivity index (χ2v) is 11.3. The van der Waals surface area contributed by atoms with Gasteiger partial charge in [0.2, 0.25) is 20.0 Å². The van der Waals surface area contributed by atoms with E-state index < -0.39 is 26.0 Å². The van der Waals surface area contributed by atoms with Crippen LogP contribution < -0.4 is 10.0 Å². The molecule has 168 valence electrons. The fourth-order valence-corrected chi connectivity index (χ4v) is 5.28. The van der Waals surface area contributed by atoms with Gasteiger partial charge in [0.1, 0.15) is 0 Å². The molecule has 3 rings (SSSR count). The summed E-state index contributed by atoms with van der Waals surface area (Å²) in [6.45, 7) is 3.87. The monoisotopic (exact) mass is 466 g/mol. The minimum Gasteiger partial charge on any atom is -0.322 e. The van der Waals surface area contributed by atoms with Gasteiger partial charge in [-0.1, -0.05) is 12.1 Å². The molecule has 1 fully saturated rings. The van der Waals surface area contributed by atoms with Crippen LogP contribution in [0.25, 0.3) is 0 Å². The van der Waals surface area contributed by atoms with Crippen molar-refractivity contribution in [2.24, 2.45) is 0 Å². The Labute approximate surface area is 183 Å². The van der Waals surface area contributed by atoms with Crippen molar-refractivity contribution in [1.82, 2.24) is 9.21 Å². The topological polar surface area (TPSA) is 116 Å². The number of sulfonamides is 2. The van der Waals surface area contributed by atoms with Gasteiger partial charge in [0.05, 0.1) is 16.8 Å². The summed E-state index contributed by atoms with van der Waals surface area (Å²) in [4.78, 5) is 14.9. The largest absolute Gasteiger partial charge is 0.322 e. The van der Waals surface area contributed by atoms with Gasteiger partial charge in [-0.15, -0.1) is 0 Å². The molecule has 9 nitrogen and oxygen atoms in total. The van der Waals surface area contributed by atoms with Gasteiger partial charge in [-0.05, 0) is 49.9 Å². The molecule has 1 amide bonds. The van der Waals surface area contributed by atoms with Crippen LogP contribution in [0.1, 0.15) is 15.9 Å². The van der Waals surface area contributed by atoms with Crippen LogP contribution in [0.4, 0.5) is 11.4 Å². The van der Waals surface area contributed by atoms with E-state index in [1.165, 1.54) is 22.5 Å². The van der Waals surface area contributed by atoms with Gasteiger partial charge in [0, 0.05) is 37.4 Å². The molecule has 0 saturated carbocycles. The Balaban J connectivity index is 1.80. The number of aryl methyl sites for hydroxylation is 1. The lowest BCUT2D eigenvalue weighted by molar-refractivity contribution is 0.102. The van der Waals surface area contributed by atoms with Crippen LogP contribution in [0.5, 0.6) is 0 Å². The van der Waals surface area contributed by atoms with E-state index in [9.17, 15) is 21.6 Å². The number of nitrogens with one attached hydrogen (secondary N) is 2. The number of anilines is 2. The summed E-state index contributed by atoms with van der Waals surface area (Å²) >= 11 is 0. The minimum absolute atomic E-state index is 0.109. The Kier molecular flexibility index (Phi) is 6.70. The number of carbonyl (C=O) groups excluding carboxylic acids is 1. The molecule has 2 aromatic rings. The highest BCUT2D eigenvalue weighted by atomic mass is 32.2. The van der Waals surface area contributed by atoms with Gasteiger partial charge in [-0.3, -0.25) is 9.52 Å². The smallest absolute Gasteiger partial charge is 0.255 e. The first-order valence-electron chi connectivity index (χ1n) is 9.64. The molecule has 1 aliphatic heterocycles. The molecule has 0 bridgehead atoms. The number of carbonyl (C=O) groups is 1. The van der Waals surface area contributed by atoms with Crippen LogP contribution in [-0.2, 0) is 20.0 Å². The third-order valence-corrected chi connectivity index (χ3v) is 7.47. The number of hydrogen-bond acceptors (Lipinski definition) is 6. The second-order valence-electron chi connectivity index (χ2n) is 7.59. The lowest BCUT2D eigenvalue weighted by Crippen LogP contribution is -2.47. The van der Waals surface area contributed by atoms with Crippen molar-refractivity contribution in [3.05, 3.63) is 53.6 Å². The molecule has 0 aliphatic carbocycles. The normalized spacial score (nSPS) is 16.1. The Morgan fingerprint density at radius 2 is 1.65 bits per heavy atom. The van der Waals surface area contributed by atoms with Crippen LogP contribution in [0, 0.1) is 6.92 Å². The van der Waals surface area contributed by atoms with Gasteiger partial charge in [-0.25, -0.2) is 16.8 Å². The summed E-state index contributed by atoms with van der Waals surface area (Å²) in [5, 5.41) is 2.68. The Morgan fingerprint density at radius 3 is 2.29 bits per heavy atom. The molecule has 2 aromatic carbocycles. The van der Waals surface area contributed by atoms with E-state index in [1.54, 1.807) is 31.2 Å². The fraction of sp³-hybridized carbons (Fsp3) is 0.350. The molecule has 1 saturated heterocycles. The zero-order valence-corrected chi connectivity index (χ0v) is 19.3. The predicted octanol–water partition coefficient (Wildman–Crippen LogP) is 1.55. The lowest BCUT2D eigenvalue weighted by atomic mass is 10.1. The molecule has 1 heterocycles. The molecule has 2 N–H and O–H groups in total. The molecule has 0 radical (unpaired) electrons. The summed E-state index contributed by atoms with van der Waals surface area (Å²) in [5.74, 6) is -0.481. The SMILES string of the molecule is Cc1ccc(C(=O)Nc2cccc(S(=O)(=O)N3CCN(C)CC3)c2)cc1NS(C)(=O)=O. The molecular formula is C20H26N4O5S2. The summed E-state index contributed by atoms with van der Waals surface area (Å²) in [6, 6.07) is 10.8. The highest BCUT2D eigenvalue weighted by Gasteiger charge is 2.27. The van der Waals surface area contributed by atoms with Crippen LogP contribution in [0.2, 0.25) is 0 Å². The zero-order chi connectivity index (χ0) is 22.8. The van der Waals surface area contributed by atoms with Crippen molar-refractivity contribution < 1.29 is 21.6 Å². The Bertz CT molecular complexity index is 1190. The van der Waals surface area contributed by atoms with Gasteiger partial charge >= 0.3 is 0 Å². The molecule has 31 heavy (non-hydrogen) atoms. The molecule has 11 heteroatoms. The van der Waals surface area contributed by atoms with E-state index in [4.69, 9.17) is 0 Å². The first kappa shape index (κ1) is 23.2. The predicted molar refractivity (Wildman–Crippen MR) is 120 cm³/mol. The van der Waals surface area contributed by atoms with E-state index in [1.807, 2.05) is 7.05 Å². The molecule has 0 unspecified atom stereocenters. The van der Waals surface area contributed by atoms with Crippen LogP contribution >= 0.6 is 0 Å². The third-order valence-electron chi connectivity index (χ3n) is 4.99. The quantitative estimate of drug-likeness (QED) is 0.667. The van der Waals surface area contributed by atoms with Crippen LogP contribution in [0.3, 0.4) is 0 Å². The second kappa shape index (κ2) is 8.95. The molecule has 0 aromatic heterocycles. The van der Waals surface area contributed by atoms with Crippen molar-refractivity contribution in [2.75, 3.05) is 49.5 Å². The first-order valence-corrected chi connectivity index (χ1v) is 13.0. The lowest BCUT2D eigenvalue weighted by Gasteiger charge is -2.31. The van der Waals surface area contributed by atoms with Crippen LogP contribution in [-0.4, -0.2) is 71.4 Å². The summed E-state index contributed by atoms with van der Waals surface area (Å²) in [7, 11) is -5.21. The summed E-state index contributed by atoms with van der Waals surface area (Å²) in [5.41, 5.74) is 1.55. The molecular weight excluding hydrogens is 440 g/mol. The fourth-order valence-electron chi connectivity index (χ4n) is 3.19. The number of likely N-dealkylation sites (N-methyl/N-ethyl adjacent to an activating group) is 1. The van der Waals surface area contributed by atoms with E-state index in [0.29, 0.717) is 43.1 Å². The van der Waals surface area contributed by atoms with Gasteiger partial charge in [0.15, 0.2) is 0 Å². The Hall–Kier alpha value is -2.47. The van der Waals surface area contributed by atoms with E-state index in [-0.39, 0.29) is 10.5 Å². The van der Waals surface area contributed by atoms with Crippen molar-refractivity contribution >= 4 is 37.3 Å². The summed E-state index contributed by atoms with van der Waals surface area (Å²) in [6.07, 6.45) is 1.03. The molecule has 0 atom stereocenters. The first-order chi connectivity index (χ1) is 14.5. The van der Waals surface area contributed by atoms with Gasteiger partial charge < -0.3 is 10.2 Å². The number of rotatable bonds is 6. The third kappa shape index (κ3) is 5.82. The average molecular weight is 467 g/mol. The Morgan fingerprint density at radius 1 is 0.968 bits per heavy atom. The average Bonchev–Trinajstić information content (AvgIpc) is 2.69. The van der Waals surface area contributed by atoms with E-state index in [0.717, 1.165) is 6.26 Å². The van der Waals surface area contributed by atoms with E-state index in [2.05, 4.69) is 14.9 Å². The maximum absolute atomic E-state index is 12.9. The van der Waals surface area contributed by atoms with Gasteiger partial charge in [-0.2, -0.15) is 4.31 Å². The standard InChI is InChI=1S/C20H26N4O5S2/c1-15-7-8-16(13-19(15)22-30(3,26)27)20(25)21-17-5-4-6-18(14-17)31(28,29)24-11-9-23(2)10-12-24/h4-8,13-14,22H,9-12H2,1-3H3,(H,21,25). The number of amides is 1. The van der Waals surface area contributed by atoms with E-state index >= 15 is 0 Å².